The van der Waals surface area contributed by atoms with Gasteiger partial charge >= 0.3 is 6.09 Å². The summed E-state index contributed by atoms with van der Waals surface area (Å²) in [6.45, 7) is 0.107. The van der Waals surface area contributed by atoms with Gasteiger partial charge < -0.3 is 24.8 Å². The quantitative estimate of drug-likeness (QED) is 0.424. The van der Waals surface area contributed by atoms with Gasteiger partial charge in [-0.3, -0.25) is 19.0 Å². The van der Waals surface area contributed by atoms with E-state index in [-0.39, 0.29) is 36.8 Å². The Morgan fingerprint density at radius 1 is 1.19 bits per heavy atom. The topological polar surface area (TPSA) is 130 Å². The maximum absolute atomic E-state index is 13.5. The van der Waals surface area contributed by atoms with Crippen molar-refractivity contribution in [2.75, 3.05) is 33.5 Å². The fraction of sp³-hybridized carbons (Fsp3) is 0.320. The molecule has 2 heterocycles. The van der Waals surface area contributed by atoms with Gasteiger partial charge in [-0.25, -0.2) is 14.2 Å². The highest BCUT2D eigenvalue weighted by Gasteiger charge is 2.24. The van der Waals surface area contributed by atoms with Crippen molar-refractivity contribution < 1.29 is 23.5 Å². The summed E-state index contributed by atoms with van der Waals surface area (Å²) in [6, 6.07) is 6.05. The number of ether oxygens (including phenoxy) is 1. The smallest absolute Gasteiger partial charge is 0.410 e. The molecule has 1 aromatic carbocycles. The number of benzene rings is 1. The monoisotopic (exact) mass is 512 g/mol. The number of halogens is 1. The summed E-state index contributed by atoms with van der Waals surface area (Å²) in [6.07, 6.45) is 3.88. The standard InChI is InChI=1S/C25H29FN6O5/c1-30(2)22(33)8-6-5-7-21(37-25(36)31(3)4)23(34)29-20-13-27-15-32(24(20)35)14-18-12-16-11-17(26)9-10-19(16)28-18/h6,8-13,15,21,28H,5,7,14H2,1-4H3,(H,29,34). The minimum absolute atomic E-state index is 0.0860. The Bertz CT molecular complexity index is 1380. The molecule has 3 aromatic rings. The molecule has 1 unspecified atom stereocenters. The third-order valence-electron chi connectivity index (χ3n) is 5.34. The second kappa shape index (κ2) is 12.0. The predicted octanol–water partition coefficient (Wildman–Crippen LogP) is 2.34. The number of carbonyl (C=O) groups excluding carboxylic acids is 3. The molecule has 37 heavy (non-hydrogen) atoms. The number of amides is 3. The number of H-pyrrole nitrogens is 1. The number of carbonyl (C=O) groups is 3. The van der Waals surface area contributed by atoms with Crippen LogP contribution in [0.1, 0.15) is 18.5 Å². The molecule has 0 bridgehead atoms. The third kappa shape index (κ3) is 7.26. The molecule has 0 fully saturated rings. The largest absolute Gasteiger partial charge is 0.436 e. The number of hydrogen-bond acceptors (Lipinski definition) is 6. The van der Waals surface area contributed by atoms with Crippen LogP contribution in [0.2, 0.25) is 0 Å². The molecule has 0 saturated heterocycles. The lowest BCUT2D eigenvalue weighted by molar-refractivity contribution is -0.125. The molecule has 2 N–H and O–H groups in total. The highest BCUT2D eigenvalue weighted by atomic mass is 19.1. The molecule has 0 spiro atoms. The SMILES string of the molecule is CN(C)C(=O)C=CCCC(OC(=O)N(C)C)C(=O)Nc1cncn(Cc2cc3cc(F)ccc3[nH]2)c1=O. The van der Waals surface area contributed by atoms with Crippen LogP contribution in [0.3, 0.4) is 0 Å². The highest BCUT2D eigenvalue weighted by molar-refractivity contribution is 5.95. The van der Waals surface area contributed by atoms with Gasteiger partial charge in [0.1, 0.15) is 11.5 Å². The normalized spacial score (nSPS) is 11.9. The first-order valence-corrected chi connectivity index (χ1v) is 11.4. The fourth-order valence-corrected chi connectivity index (χ4v) is 3.35. The number of nitrogens with zero attached hydrogens (tertiary/aromatic N) is 4. The van der Waals surface area contributed by atoms with E-state index in [9.17, 15) is 23.6 Å². The average Bonchev–Trinajstić information content (AvgIpc) is 3.24. The Labute approximate surface area is 212 Å². The van der Waals surface area contributed by atoms with Crippen LogP contribution in [0.25, 0.3) is 10.9 Å². The lowest BCUT2D eigenvalue weighted by atomic mass is 10.1. The van der Waals surface area contributed by atoms with E-state index in [0.717, 1.165) is 0 Å². The van der Waals surface area contributed by atoms with Gasteiger partial charge in [-0.05, 0) is 43.2 Å². The van der Waals surface area contributed by atoms with Crippen molar-refractivity contribution >= 4 is 34.5 Å². The molecule has 1 atom stereocenters. The lowest BCUT2D eigenvalue weighted by Gasteiger charge is -2.19. The number of nitrogens with one attached hydrogen (secondary N) is 2. The van der Waals surface area contributed by atoms with E-state index in [1.165, 1.54) is 59.2 Å². The molecule has 11 nitrogen and oxygen atoms in total. The Hall–Kier alpha value is -4.48. The maximum Gasteiger partial charge on any atom is 0.410 e. The van der Waals surface area contributed by atoms with Crippen molar-refractivity contribution in [3.63, 3.8) is 0 Å². The van der Waals surface area contributed by atoms with Crippen molar-refractivity contribution in [2.24, 2.45) is 0 Å². The van der Waals surface area contributed by atoms with Crippen LogP contribution in [-0.4, -0.2) is 76.5 Å². The molecular formula is C25H29FN6O5. The minimum Gasteiger partial charge on any atom is -0.436 e. The third-order valence-corrected chi connectivity index (χ3v) is 5.34. The second-order valence-corrected chi connectivity index (χ2v) is 8.73. The van der Waals surface area contributed by atoms with Crippen LogP contribution in [0.5, 0.6) is 0 Å². The summed E-state index contributed by atoms with van der Waals surface area (Å²) >= 11 is 0. The Morgan fingerprint density at radius 3 is 2.65 bits per heavy atom. The first-order chi connectivity index (χ1) is 17.5. The van der Waals surface area contributed by atoms with Crippen LogP contribution in [-0.2, 0) is 20.9 Å². The van der Waals surface area contributed by atoms with Gasteiger partial charge in [0.2, 0.25) is 5.91 Å². The van der Waals surface area contributed by atoms with Gasteiger partial charge in [-0.2, -0.15) is 0 Å². The zero-order chi connectivity index (χ0) is 27.1. The molecule has 0 saturated carbocycles. The molecule has 2 aromatic heterocycles. The van der Waals surface area contributed by atoms with Gasteiger partial charge in [-0.15, -0.1) is 0 Å². The van der Waals surface area contributed by atoms with Crippen molar-refractivity contribution in [1.82, 2.24) is 24.3 Å². The number of fused-ring (bicyclic) bond motifs is 1. The van der Waals surface area contributed by atoms with Gasteiger partial charge in [0.25, 0.3) is 11.5 Å². The number of allylic oxidation sites excluding steroid dienone is 1. The molecule has 3 rings (SSSR count). The number of hydrogen-bond donors (Lipinski definition) is 2. The Morgan fingerprint density at radius 2 is 1.95 bits per heavy atom. The summed E-state index contributed by atoms with van der Waals surface area (Å²) in [5.74, 6) is -1.30. The van der Waals surface area contributed by atoms with E-state index >= 15 is 0 Å². The Kier molecular flexibility index (Phi) is 8.77. The van der Waals surface area contributed by atoms with Gasteiger partial charge in [-0.1, -0.05) is 6.08 Å². The molecule has 0 aliphatic rings. The highest BCUT2D eigenvalue weighted by Crippen LogP contribution is 2.17. The van der Waals surface area contributed by atoms with E-state index in [1.54, 1.807) is 32.3 Å². The van der Waals surface area contributed by atoms with Crippen molar-refractivity contribution in [3.05, 3.63) is 70.8 Å². The molecular weight excluding hydrogens is 483 g/mol. The molecule has 0 aliphatic carbocycles. The molecule has 196 valence electrons. The van der Waals surface area contributed by atoms with E-state index in [2.05, 4.69) is 15.3 Å². The number of likely N-dealkylation sites (N-methyl/N-ethyl adjacent to an activating group) is 1. The van der Waals surface area contributed by atoms with Crippen LogP contribution in [0.4, 0.5) is 14.9 Å². The van der Waals surface area contributed by atoms with Crippen molar-refractivity contribution in [2.45, 2.75) is 25.5 Å². The summed E-state index contributed by atoms with van der Waals surface area (Å²) in [7, 11) is 6.18. The van der Waals surface area contributed by atoms with Gasteiger partial charge in [0.15, 0.2) is 6.10 Å². The zero-order valence-electron chi connectivity index (χ0n) is 21.0. The molecule has 0 aliphatic heterocycles. The van der Waals surface area contributed by atoms with Crippen LogP contribution < -0.4 is 10.9 Å². The molecule has 12 heteroatoms. The molecule has 3 amide bonds. The number of aromatic amines is 1. The Balaban J connectivity index is 1.74. The van der Waals surface area contributed by atoms with E-state index < -0.39 is 23.7 Å². The summed E-state index contributed by atoms with van der Waals surface area (Å²) in [5, 5.41) is 3.15. The van der Waals surface area contributed by atoms with Crippen LogP contribution >= 0.6 is 0 Å². The first-order valence-electron chi connectivity index (χ1n) is 11.4. The number of rotatable bonds is 9. The maximum atomic E-state index is 13.5. The first kappa shape index (κ1) is 27.1. The summed E-state index contributed by atoms with van der Waals surface area (Å²) in [5.41, 5.74) is 0.736. The summed E-state index contributed by atoms with van der Waals surface area (Å²) in [4.78, 5) is 59.5. The van der Waals surface area contributed by atoms with Gasteiger partial charge in [0.05, 0.1) is 19.1 Å². The molecule has 0 radical (unpaired) electrons. The van der Waals surface area contributed by atoms with E-state index in [4.69, 9.17) is 4.74 Å². The van der Waals surface area contributed by atoms with Crippen LogP contribution in [0.15, 0.2) is 53.7 Å². The zero-order valence-corrected chi connectivity index (χ0v) is 21.0. The average molecular weight is 513 g/mol. The fourth-order valence-electron chi connectivity index (χ4n) is 3.35. The minimum atomic E-state index is -1.22. The number of aromatic nitrogens is 3. The second-order valence-electron chi connectivity index (χ2n) is 8.73. The van der Waals surface area contributed by atoms with Crippen molar-refractivity contribution in [3.8, 4) is 0 Å². The lowest BCUT2D eigenvalue weighted by Crippen LogP contribution is -2.37. The number of anilines is 1. The summed E-state index contributed by atoms with van der Waals surface area (Å²) < 4.78 is 20.1. The van der Waals surface area contributed by atoms with Crippen LogP contribution in [0, 0.1) is 5.82 Å². The van der Waals surface area contributed by atoms with Gasteiger partial charge in [0, 0.05) is 44.8 Å². The van der Waals surface area contributed by atoms with E-state index in [1.807, 2.05) is 0 Å². The van der Waals surface area contributed by atoms with Crippen molar-refractivity contribution in [1.29, 1.82) is 0 Å². The predicted molar refractivity (Wildman–Crippen MR) is 136 cm³/mol. The van der Waals surface area contributed by atoms with E-state index in [0.29, 0.717) is 16.6 Å².